The second-order valence-corrected chi connectivity index (χ2v) is 1.38. The van der Waals surface area contributed by atoms with Gasteiger partial charge in [0.15, 0.2) is 5.43 Å². The highest BCUT2D eigenvalue weighted by Gasteiger charge is 1.70. The summed E-state index contributed by atoms with van der Waals surface area (Å²) >= 11 is 0. The highest BCUT2D eigenvalue weighted by atomic mass is 35.5. The summed E-state index contributed by atoms with van der Waals surface area (Å²) in [7, 11) is 0. The molecule has 1 aromatic rings. The molecule has 1 rings (SSSR count). The minimum atomic E-state index is -0.0602. The third-order valence-corrected chi connectivity index (χ3v) is 0.746. The van der Waals surface area contributed by atoms with E-state index in [1.807, 2.05) is 0 Å². The van der Waals surface area contributed by atoms with Crippen molar-refractivity contribution in [2.45, 2.75) is 0 Å². The summed E-state index contributed by atoms with van der Waals surface area (Å²) < 4.78 is 0. The largest absolute Gasteiger partial charge is 0.288 e. The lowest BCUT2D eigenvalue weighted by molar-refractivity contribution is 1.34. The Kier molecular flexibility index (Phi) is 7.90. The van der Waals surface area contributed by atoms with E-state index in [1.54, 1.807) is 18.3 Å². The Balaban J connectivity index is 0. The Labute approximate surface area is 71.1 Å². The molecule has 0 saturated carbocycles. The third kappa shape index (κ3) is 4.30. The van der Waals surface area contributed by atoms with Gasteiger partial charge in [0, 0.05) is 6.20 Å². The average Bonchev–Trinajstić information content (AvgIpc) is 1.94. The average molecular weight is 180 g/mol. The van der Waals surface area contributed by atoms with Crippen molar-refractivity contribution < 1.29 is 0 Å². The molecule has 1 heterocycles. The van der Waals surface area contributed by atoms with Crippen molar-refractivity contribution in [1.29, 1.82) is 0 Å². The van der Waals surface area contributed by atoms with Gasteiger partial charge in [0.25, 0.3) is 0 Å². The van der Waals surface area contributed by atoms with Crippen LogP contribution in [0.1, 0.15) is 0 Å². The van der Waals surface area contributed by atoms with Crippen LogP contribution in [0.15, 0.2) is 35.4 Å². The predicted molar refractivity (Wildman–Crippen MR) is 45.0 cm³/mol. The Morgan fingerprint density at radius 2 is 1.90 bits per heavy atom. The minimum Gasteiger partial charge on any atom is -0.288 e. The summed E-state index contributed by atoms with van der Waals surface area (Å²) in [5, 5.41) is 0. The van der Waals surface area contributed by atoms with Crippen molar-refractivity contribution in [3.63, 3.8) is 0 Å². The highest BCUT2D eigenvalue weighted by Crippen LogP contribution is 1.68. The minimum absolute atomic E-state index is 0. The van der Waals surface area contributed by atoms with E-state index in [1.165, 1.54) is 12.3 Å². The number of nitrogens with zero attached hydrogens (tertiary/aromatic N) is 1. The van der Waals surface area contributed by atoms with E-state index in [0.717, 1.165) is 0 Å². The van der Waals surface area contributed by atoms with E-state index < -0.39 is 0 Å². The molecule has 4 heteroatoms. The van der Waals surface area contributed by atoms with Crippen LogP contribution in [0.5, 0.6) is 0 Å². The molecular formula is C6H7Cl2NO. The number of aromatic nitrogens is 1. The van der Waals surface area contributed by atoms with Crippen LogP contribution in [-0.4, -0.2) is 4.98 Å². The summed E-state index contributed by atoms with van der Waals surface area (Å²) in [5.74, 6) is 0. The molecule has 2 nitrogen and oxygen atoms in total. The first kappa shape index (κ1) is 12.1. The topological polar surface area (TPSA) is 30.0 Å². The summed E-state index contributed by atoms with van der Waals surface area (Å²) in [6.45, 7) is 0. The normalized spacial score (nSPS) is 6.80. The molecule has 0 amide bonds. The van der Waals surface area contributed by atoms with Crippen LogP contribution in [0.25, 0.3) is 0 Å². The summed E-state index contributed by atoms with van der Waals surface area (Å²) in [6.07, 6.45) is 2.85. The maximum Gasteiger partial charge on any atom is 0.196 e. The second kappa shape index (κ2) is 6.52. The maximum atomic E-state index is 10.4. The van der Waals surface area contributed by atoms with Crippen molar-refractivity contribution in [2.75, 3.05) is 0 Å². The Hall–Kier alpha value is -0.600. The standard InChI is InChI=1S/C6H5NO.2ClH/c8-6-3-1-2-4-7-5-6;;/h1-5H;2*1H. The molecule has 0 saturated heterocycles. The van der Waals surface area contributed by atoms with Crippen molar-refractivity contribution in [1.82, 2.24) is 4.98 Å². The molecule has 10 heavy (non-hydrogen) atoms. The van der Waals surface area contributed by atoms with Crippen LogP contribution >= 0.6 is 24.8 Å². The molecule has 0 aliphatic rings. The van der Waals surface area contributed by atoms with Gasteiger partial charge >= 0.3 is 0 Å². The first-order valence-electron chi connectivity index (χ1n) is 2.30. The van der Waals surface area contributed by atoms with Gasteiger partial charge in [-0.05, 0) is 12.1 Å². The van der Waals surface area contributed by atoms with Crippen LogP contribution in [0.4, 0.5) is 0 Å². The molecule has 0 bridgehead atoms. The lowest BCUT2D eigenvalue weighted by Crippen LogP contribution is -1.89. The first-order valence-corrected chi connectivity index (χ1v) is 2.30. The van der Waals surface area contributed by atoms with Crippen molar-refractivity contribution in [3.05, 3.63) is 40.8 Å². The molecule has 0 radical (unpaired) electrons. The van der Waals surface area contributed by atoms with E-state index in [4.69, 9.17) is 0 Å². The van der Waals surface area contributed by atoms with Gasteiger partial charge in [0.05, 0.1) is 6.20 Å². The predicted octanol–water partition coefficient (Wildman–Crippen LogP) is 1.29. The zero-order chi connectivity index (χ0) is 5.82. The Bertz CT molecular complexity index is 207. The van der Waals surface area contributed by atoms with Crippen LogP contribution in [0.3, 0.4) is 0 Å². The zero-order valence-corrected chi connectivity index (χ0v) is 6.69. The van der Waals surface area contributed by atoms with E-state index in [0.29, 0.717) is 0 Å². The monoisotopic (exact) mass is 179 g/mol. The van der Waals surface area contributed by atoms with Gasteiger partial charge in [0.2, 0.25) is 0 Å². The number of hydrogen-bond donors (Lipinski definition) is 0. The fourth-order valence-corrected chi connectivity index (χ4v) is 0.409. The summed E-state index contributed by atoms with van der Waals surface area (Å²) in [6, 6.07) is 4.84. The highest BCUT2D eigenvalue weighted by molar-refractivity contribution is 5.85. The van der Waals surface area contributed by atoms with E-state index in [2.05, 4.69) is 4.98 Å². The van der Waals surface area contributed by atoms with Gasteiger partial charge in [0.1, 0.15) is 0 Å². The second-order valence-electron chi connectivity index (χ2n) is 1.38. The van der Waals surface area contributed by atoms with Crippen molar-refractivity contribution in [2.24, 2.45) is 0 Å². The molecule has 0 spiro atoms. The Morgan fingerprint density at radius 1 is 1.20 bits per heavy atom. The molecule has 0 N–H and O–H groups in total. The lowest BCUT2D eigenvalue weighted by Gasteiger charge is -1.56. The van der Waals surface area contributed by atoms with Crippen LogP contribution < -0.4 is 5.43 Å². The summed E-state index contributed by atoms with van der Waals surface area (Å²) in [4.78, 5) is 14.0. The molecule has 0 aromatic carbocycles. The molecular weight excluding hydrogens is 173 g/mol. The number of halogens is 2. The van der Waals surface area contributed by atoms with Gasteiger partial charge in [-0.2, -0.15) is 0 Å². The van der Waals surface area contributed by atoms with Gasteiger partial charge in [-0.1, -0.05) is 6.07 Å². The van der Waals surface area contributed by atoms with Crippen molar-refractivity contribution in [3.8, 4) is 0 Å². The first-order chi connectivity index (χ1) is 3.89. The lowest BCUT2D eigenvalue weighted by atomic mass is 10.5. The smallest absolute Gasteiger partial charge is 0.196 e. The number of rotatable bonds is 0. The van der Waals surface area contributed by atoms with Crippen LogP contribution in [-0.2, 0) is 0 Å². The van der Waals surface area contributed by atoms with Gasteiger partial charge in [-0.3, -0.25) is 9.78 Å². The fourth-order valence-electron chi connectivity index (χ4n) is 0.409. The fraction of sp³-hybridized carbons (Fsp3) is 0. The molecule has 0 aliphatic heterocycles. The molecule has 0 atom stereocenters. The Morgan fingerprint density at radius 3 is 2.60 bits per heavy atom. The SMILES string of the molecule is Cl.Cl.O=c1ccccnc1. The quantitative estimate of drug-likeness (QED) is 0.601. The van der Waals surface area contributed by atoms with Gasteiger partial charge in [-0.15, -0.1) is 24.8 Å². The summed E-state index contributed by atoms with van der Waals surface area (Å²) in [5.41, 5.74) is -0.0602. The third-order valence-electron chi connectivity index (χ3n) is 0.746. The molecule has 56 valence electrons. The maximum absolute atomic E-state index is 10.4. The molecule has 1 aromatic heterocycles. The number of hydrogen-bond acceptors (Lipinski definition) is 2. The van der Waals surface area contributed by atoms with Gasteiger partial charge in [-0.25, -0.2) is 0 Å². The van der Waals surface area contributed by atoms with E-state index in [9.17, 15) is 4.79 Å². The van der Waals surface area contributed by atoms with E-state index in [-0.39, 0.29) is 30.2 Å². The zero-order valence-electron chi connectivity index (χ0n) is 5.06. The van der Waals surface area contributed by atoms with Crippen molar-refractivity contribution >= 4 is 24.8 Å². The van der Waals surface area contributed by atoms with E-state index >= 15 is 0 Å². The van der Waals surface area contributed by atoms with Gasteiger partial charge < -0.3 is 0 Å². The van der Waals surface area contributed by atoms with Crippen LogP contribution in [0, 0.1) is 0 Å². The van der Waals surface area contributed by atoms with Crippen LogP contribution in [0.2, 0.25) is 0 Å². The molecule has 0 aliphatic carbocycles. The molecule has 0 unspecified atom stereocenters. The molecule has 0 fully saturated rings.